The van der Waals surface area contributed by atoms with E-state index in [4.69, 9.17) is 9.47 Å². The Balaban J connectivity index is 1.64. The van der Waals surface area contributed by atoms with Gasteiger partial charge in [-0.05, 0) is 49.1 Å². The molecule has 3 rings (SSSR count). The van der Waals surface area contributed by atoms with Gasteiger partial charge in [-0.3, -0.25) is 9.59 Å². The number of amides is 2. The normalized spacial score (nSPS) is 16.5. The van der Waals surface area contributed by atoms with E-state index < -0.39 is 0 Å². The second-order valence-corrected chi connectivity index (χ2v) is 7.20. The molecule has 1 aromatic heterocycles. The van der Waals surface area contributed by atoms with Crippen LogP contribution in [0.3, 0.4) is 0 Å². The van der Waals surface area contributed by atoms with Gasteiger partial charge in [0.25, 0.3) is 0 Å². The highest BCUT2D eigenvalue weighted by atomic mass is 32.1. The lowest BCUT2D eigenvalue weighted by Gasteiger charge is -2.17. The van der Waals surface area contributed by atoms with Gasteiger partial charge >= 0.3 is 0 Å². The Hall–Kier alpha value is -2.61. The van der Waals surface area contributed by atoms with Crippen LogP contribution < -0.4 is 14.8 Å². The molecule has 0 radical (unpaired) electrons. The van der Waals surface area contributed by atoms with Crippen LogP contribution in [-0.4, -0.2) is 47.9 Å². The van der Waals surface area contributed by atoms with Gasteiger partial charge in [-0.1, -0.05) is 6.07 Å². The highest BCUT2D eigenvalue weighted by Gasteiger charge is 2.32. The lowest BCUT2D eigenvalue weighted by Crippen LogP contribution is -2.34. The molecule has 0 spiro atoms. The van der Waals surface area contributed by atoms with Crippen molar-refractivity contribution in [2.24, 2.45) is 0 Å². The second kappa shape index (κ2) is 8.39. The van der Waals surface area contributed by atoms with Crippen molar-refractivity contribution in [3.05, 3.63) is 35.5 Å². The average molecular weight is 389 g/mol. The number of hydrogen-bond acceptors (Lipinski definition) is 6. The molecule has 1 N–H and O–H groups in total. The molecule has 0 unspecified atom stereocenters. The van der Waals surface area contributed by atoms with Crippen LogP contribution >= 0.6 is 11.5 Å². The minimum absolute atomic E-state index is 0.0237. The first-order chi connectivity index (χ1) is 13.0. The summed E-state index contributed by atoms with van der Waals surface area (Å²) < 4.78 is 15.1. The molecule has 27 heavy (non-hydrogen) atoms. The Morgan fingerprint density at radius 2 is 2.19 bits per heavy atom. The molecule has 1 aliphatic rings. The molecule has 0 saturated carbocycles. The Morgan fingerprint density at radius 3 is 2.85 bits per heavy atom. The Kier molecular flexibility index (Phi) is 5.95. The third-order valence-corrected chi connectivity index (χ3v) is 5.19. The second-order valence-electron chi connectivity index (χ2n) is 6.40. The molecule has 1 aromatic carbocycles. The first kappa shape index (κ1) is 19.2. The average Bonchev–Trinajstić information content (AvgIpc) is 3.21. The number of likely N-dealkylation sites (tertiary alicyclic amines) is 1. The molecule has 1 saturated heterocycles. The number of aromatic nitrogens is 1. The van der Waals surface area contributed by atoms with Crippen molar-refractivity contribution in [2.75, 3.05) is 32.1 Å². The lowest BCUT2D eigenvalue weighted by atomic mass is 9.98. The highest BCUT2D eigenvalue weighted by Crippen LogP contribution is 2.35. The van der Waals surface area contributed by atoms with Crippen LogP contribution in [-0.2, 0) is 9.59 Å². The van der Waals surface area contributed by atoms with Crippen LogP contribution in [0.25, 0.3) is 0 Å². The molecule has 1 fully saturated rings. The molecule has 144 valence electrons. The van der Waals surface area contributed by atoms with Gasteiger partial charge in [0.2, 0.25) is 11.8 Å². The summed E-state index contributed by atoms with van der Waals surface area (Å²) in [6.07, 6.45) is 0.380. The lowest BCUT2D eigenvalue weighted by molar-refractivity contribution is -0.131. The van der Waals surface area contributed by atoms with Crippen LogP contribution in [0.1, 0.15) is 30.5 Å². The molecule has 8 heteroatoms. The minimum Gasteiger partial charge on any atom is -0.493 e. The number of methoxy groups -OCH3 is 1. The first-order valence-corrected chi connectivity index (χ1v) is 9.59. The Morgan fingerprint density at radius 1 is 1.37 bits per heavy atom. The summed E-state index contributed by atoms with van der Waals surface area (Å²) in [7, 11) is 1.60. The molecule has 0 aliphatic carbocycles. The maximum absolute atomic E-state index is 12.4. The Labute approximate surface area is 162 Å². The van der Waals surface area contributed by atoms with E-state index in [0.717, 1.165) is 11.3 Å². The zero-order valence-electron chi connectivity index (χ0n) is 15.7. The molecular weight excluding hydrogens is 366 g/mol. The largest absolute Gasteiger partial charge is 0.493 e. The number of ether oxygens (including phenoxy) is 2. The predicted octanol–water partition coefficient (Wildman–Crippen LogP) is 2.81. The maximum Gasteiger partial charge on any atom is 0.244 e. The maximum atomic E-state index is 12.4. The zero-order chi connectivity index (χ0) is 19.4. The third-order valence-electron chi connectivity index (χ3n) is 4.40. The summed E-state index contributed by atoms with van der Waals surface area (Å²) in [6.45, 7) is 4.86. The van der Waals surface area contributed by atoms with Gasteiger partial charge in [-0.25, -0.2) is 0 Å². The number of anilines is 1. The number of carbonyl (C=O) groups is 2. The van der Waals surface area contributed by atoms with Gasteiger partial charge in [-0.2, -0.15) is 4.37 Å². The highest BCUT2D eigenvalue weighted by molar-refractivity contribution is 7.10. The summed E-state index contributed by atoms with van der Waals surface area (Å²) >= 11 is 1.23. The summed E-state index contributed by atoms with van der Waals surface area (Å²) in [5, 5.41) is 3.48. The van der Waals surface area contributed by atoms with Gasteiger partial charge in [0.1, 0.15) is 5.00 Å². The van der Waals surface area contributed by atoms with Crippen molar-refractivity contribution in [1.82, 2.24) is 9.27 Å². The fraction of sp³-hybridized carbons (Fsp3) is 0.421. The van der Waals surface area contributed by atoms with Crippen molar-refractivity contribution < 1.29 is 19.1 Å². The molecule has 0 bridgehead atoms. The number of benzene rings is 1. The predicted molar refractivity (Wildman–Crippen MR) is 104 cm³/mol. The van der Waals surface area contributed by atoms with Crippen molar-refractivity contribution in [1.29, 1.82) is 0 Å². The topological polar surface area (TPSA) is 80.8 Å². The fourth-order valence-corrected chi connectivity index (χ4v) is 3.81. The molecule has 7 nitrogen and oxygen atoms in total. The zero-order valence-corrected chi connectivity index (χ0v) is 16.5. The summed E-state index contributed by atoms with van der Waals surface area (Å²) in [5.41, 5.74) is 1.87. The van der Waals surface area contributed by atoms with E-state index in [2.05, 4.69) is 9.69 Å². The molecular formula is C19H23N3O4S. The van der Waals surface area contributed by atoms with Gasteiger partial charge in [0.15, 0.2) is 11.5 Å². The van der Waals surface area contributed by atoms with E-state index in [1.807, 2.05) is 38.1 Å². The summed E-state index contributed by atoms with van der Waals surface area (Å²) in [4.78, 5) is 26.2. The quantitative estimate of drug-likeness (QED) is 0.788. The van der Waals surface area contributed by atoms with E-state index in [0.29, 0.717) is 36.1 Å². The van der Waals surface area contributed by atoms with Crippen LogP contribution in [0.2, 0.25) is 0 Å². The van der Waals surface area contributed by atoms with Crippen LogP contribution in [0.5, 0.6) is 11.5 Å². The molecule has 2 aromatic rings. The third kappa shape index (κ3) is 4.57. The molecule has 1 aliphatic heterocycles. The minimum atomic E-state index is -0.211. The summed E-state index contributed by atoms with van der Waals surface area (Å²) in [5.74, 6) is 1.13. The van der Waals surface area contributed by atoms with E-state index in [1.165, 1.54) is 11.5 Å². The van der Waals surface area contributed by atoms with Crippen molar-refractivity contribution >= 4 is 28.3 Å². The fourth-order valence-electron chi connectivity index (χ4n) is 3.14. The summed E-state index contributed by atoms with van der Waals surface area (Å²) in [6, 6.07) is 7.53. The number of rotatable bonds is 7. The number of nitrogens with zero attached hydrogens (tertiary/aromatic N) is 2. The van der Waals surface area contributed by atoms with Gasteiger partial charge < -0.3 is 19.7 Å². The van der Waals surface area contributed by atoms with Crippen LogP contribution in [0, 0.1) is 6.92 Å². The monoisotopic (exact) mass is 389 g/mol. The van der Waals surface area contributed by atoms with E-state index in [-0.39, 0.29) is 24.3 Å². The number of carbonyl (C=O) groups excluding carboxylic acids is 2. The Bertz CT molecular complexity index is 836. The number of hydrogen-bond donors (Lipinski definition) is 1. The van der Waals surface area contributed by atoms with E-state index >= 15 is 0 Å². The van der Waals surface area contributed by atoms with Crippen molar-refractivity contribution in [3.8, 4) is 11.5 Å². The first-order valence-electron chi connectivity index (χ1n) is 8.81. The van der Waals surface area contributed by atoms with Gasteiger partial charge in [0.05, 0.1) is 26.0 Å². The molecule has 2 amide bonds. The SMILES string of the molecule is CCOc1cc([C@H]2CC(=O)N(CC(=O)Nc3cc(C)ns3)C2)ccc1OC. The van der Waals surface area contributed by atoms with Gasteiger partial charge in [-0.15, -0.1) is 0 Å². The van der Waals surface area contributed by atoms with E-state index in [1.54, 1.807) is 12.0 Å². The standard InChI is InChI=1S/C19H23N3O4S/c1-4-26-16-8-13(5-6-15(16)25-3)14-9-19(24)22(10-14)11-17(23)20-18-7-12(2)21-27-18/h5-8,14H,4,9-11H2,1-3H3,(H,20,23)/t14-/m0/s1. The van der Waals surface area contributed by atoms with Crippen LogP contribution in [0.15, 0.2) is 24.3 Å². The molecule has 1 atom stereocenters. The number of aryl methyl sites for hydroxylation is 1. The van der Waals surface area contributed by atoms with Crippen molar-refractivity contribution in [2.45, 2.75) is 26.2 Å². The smallest absolute Gasteiger partial charge is 0.244 e. The van der Waals surface area contributed by atoms with Crippen molar-refractivity contribution in [3.63, 3.8) is 0 Å². The number of nitrogens with one attached hydrogen (secondary N) is 1. The van der Waals surface area contributed by atoms with E-state index in [9.17, 15) is 9.59 Å². The molecule has 2 heterocycles. The van der Waals surface area contributed by atoms with Gasteiger partial charge in [0, 0.05) is 18.9 Å². The van der Waals surface area contributed by atoms with Crippen LogP contribution in [0.4, 0.5) is 5.00 Å².